The SMILES string of the molecule is CC(=O)c1ccc2c(c1)C(=O)NCO2. The monoisotopic (exact) mass is 191 g/mol. The van der Waals surface area contributed by atoms with Crippen molar-refractivity contribution in [2.24, 2.45) is 0 Å². The van der Waals surface area contributed by atoms with Gasteiger partial charge in [-0.3, -0.25) is 9.59 Å². The van der Waals surface area contributed by atoms with E-state index >= 15 is 0 Å². The number of rotatable bonds is 1. The quantitative estimate of drug-likeness (QED) is 0.673. The summed E-state index contributed by atoms with van der Waals surface area (Å²) in [6, 6.07) is 4.84. The Hall–Kier alpha value is -1.84. The second kappa shape index (κ2) is 3.14. The minimum Gasteiger partial charge on any atom is -0.472 e. The van der Waals surface area contributed by atoms with Crippen molar-refractivity contribution >= 4 is 11.7 Å². The first-order valence-corrected chi connectivity index (χ1v) is 4.24. The molecule has 0 saturated heterocycles. The molecule has 0 atom stereocenters. The molecule has 0 unspecified atom stereocenters. The van der Waals surface area contributed by atoms with Crippen molar-refractivity contribution in [2.75, 3.05) is 6.73 Å². The van der Waals surface area contributed by atoms with Crippen molar-refractivity contribution in [1.82, 2.24) is 5.32 Å². The van der Waals surface area contributed by atoms with Crippen LogP contribution in [-0.4, -0.2) is 18.4 Å². The zero-order valence-electron chi connectivity index (χ0n) is 7.66. The van der Waals surface area contributed by atoms with Gasteiger partial charge in [-0.15, -0.1) is 0 Å². The minimum atomic E-state index is -0.200. The van der Waals surface area contributed by atoms with Gasteiger partial charge in [-0.05, 0) is 25.1 Å². The fraction of sp³-hybridized carbons (Fsp3) is 0.200. The van der Waals surface area contributed by atoms with Crippen molar-refractivity contribution in [3.8, 4) is 5.75 Å². The highest BCUT2D eigenvalue weighted by molar-refractivity contribution is 6.01. The molecule has 0 saturated carbocycles. The number of ether oxygens (including phenoxy) is 1. The van der Waals surface area contributed by atoms with E-state index in [0.29, 0.717) is 16.9 Å². The molecule has 1 aromatic carbocycles. The Balaban J connectivity index is 2.51. The van der Waals surface area contributed by atoms with Crippen molar-refractivity contribution < 1.29 is 14.3 Å². The Labute approximate surface area is 80.9 Å². The molecule has 1 N–H and O–H groups in total. The van der Waals surface area contributed by atoms with E-state index < -0.39 is 0 Å². The van der Waals surface area contributed by atoms with E-state index in [4.69, 9.17) is 4.74 Å². The van der Waals surface area contributed by atoms with Gasteiger partial charge in [0, 0.05) is 5.56 Å². The van der Waals surface area contributed by atoms with Gasteiger partial charge in [0.2, 0.25) is 0 Å². The molecule has 0 aliphatic carbocycles. The molecule has 72 valence electrons. The summed E-state index contributed by atoms with van der Waals surface area (Å²) in [4.78, 5) is 22.4. The smallest absolute Gasteiger partial charge is 0.257 e. The third-order valence-corrected chi connectivity index (χ3v) is 2.09. The maximum absolute atomic E-state index is 11.4. The number of carbonyl (C=O) groups excluding carboxylic acids is 2. The molecule has 0 aromatic heterocycles. The Kier molecular flexibility index (Phi) is 1.96. The van der Waals surface area contributed by atoms with Gasteiger partial charge >= 0.3 is 0 Å². The summed E-state index contributed by atoms with van der Waals surface area (Å²) in [5.74, 6) is 0.263. The van der Waals surface area contributed by atoms with Crippen LogP contribution in [0.1, 0.15) is 27.6 Å². The van der Waals surface area contributed by atoms with E-state index in [1.165, 1.54) is 6.92 Å². The molecule has 2 rings (SSSR count). The lowest BCUT2D eigenvalue weighted by Gasteiger charge is -2.17. The maximum atomic E-state index is 11.4. The molecule has 4 nitrogen and oxygen atoms in total. The number of Topliss-reactive ketones (excluding diaryl/α,β-unsaturated/α-hetero) is 1. The van der Waals surface area contributed by atoms with Crippen molar-refractivity contribution in [2.45, 2.75) is 6.92 Å². The maximum Gasteiger partial charge on any atom is 0.257 e. The van der Waals surface area contributed by atoms with Crippen molar-refractivity contribution in [3.05, 3.63) is 29.3 Å². The van der Waals surface area contributed by atoms with E-state index in [9.17, 15) is 9.59 Å². The molecular weight excluding hydrogens is 182 g/mol. The topological polar surface area (TPSA) is 55.4 Å². The van der Waals surface area contributed by atoms with Gasteiger partial charge in [0.1, 0.15) is 5.75 Å². The Morgan fingerprint density at radius 1 is 1.50 bits per heavy atom. The second-order valence-electron chi connectivity index (χ2n) is 3.06. The molecule has 1 amide bonds. The van der Waals surface area contributed by atoms with Gasteiger partial charge in [-0.2, -0.15) is 0 Å². The molecular formula is C10H9NO3. The number of ketones is 1. The number of hydrogen-bond acceptors (Lipinski definition) is 3. The fourth-order valence-corrected chi connectivity index (χ4v) is 1.33. The molecule has 0 fully saturated rings. The highest BCUT2D eigenvalue weighted by Crippen LogP contribution is 2.22. The molecule has 4 heteroatoms. The van der Waals surface area contributed by atoms with E-state index in [2.05, 4.69) is 5.32 Å². The van der Waals surface area contributed by atoms with Crippen LogP contribution in [0.2, 0.25) is 0 Å². The van der Waals surface area contributed by atoms with Crippen LogP contribution < -0.4 is 10.1 Å². The summed E-state index contributed by atoms with van der Waals surface area (Å²) in [6.07, 6.45) is 0. The summed E-state index contributed by atoms with van der Waals surface area (Å²) in [6.45, 7) is 1.65. The van der Waals surface area contributed by atoms with Gasteiger partial charge in [0.25, 0.3) is 5.91 Å². The minimum absolute atomic E-state index is 0.0637. The Morgan fingerprint density at radius 2 is 2.29 bits per heavy atom. The highest BCUT2D eigenvalue weighted by Gasteiger charge is 2.18. The summed E-state index contributed by atoms with van der Waals surface area (Å²) in [5, 5.41) is 2.53. The zero-order valence-corrected chi connectivity index (χ0v) is 7.66. The number of nitrogens with one attached hydrogen (secondary N) is 1. The molecule has 0 bridgehead atoms. The fourth-order valence-electron chi connectivity index (χ4n) is 1.33. The van der Waals surface area contributed by atoms with Crippen molar-refractivity contribution in [1.29, 1.82) is 0 Å². The van der Waals surface area contributed by atoms with Crippen LogP contribution in [0.3, 0.4) is 0 Å². The van der Waals surface area contributed by atoms with Crippen molar-refractivity contribution in [3.63, 3.8) is 0 Å². The van der Waals surface area contributed by atoms with Gasteiger partial charge in [-0.1, -0.05) is 0 Å². The summed E-state index contributed by atoms with van der Waals surface area (Å²) >= 11 is 0. The predicted octanol–water partition coefficient (Wildman–Crippen LogP) is 0.969. The van der Waals surface area contributed by atoms with Crippen LogP contribution in [0.5, 0.6) is 5.75 Å². The molecule has 0 spiro atoms. The second-order valence-corrected chi connectivity index (χ2v) is 3.06. The van der Waals surface area contributed by atoms with Gasteiger partial charge in [0.15, 0.2) is 12.5 Å². The predicted molar refractivity (Wildman–Crippen MR) is 49.4 cm³/mol. The first kappa shape index (κ1) is 8.74. The summed E-state index contributed by atoms with van der Waals surface area (Å²) in [5.41, 5.74) is 0.938. The molecule has 1 aliphatic rings. The molecule has 14 heavy (non-hydrogen) atoms. The van der Waals surface area contributed by atoms with Gasteiger partial charge < -0.3 is 10.1 Å². The average Bonchev–Trinajstić information content (AvgIpc) is 2.18. The lowest BCUT2D eigenvalue weighted by atomic mass is 10.1. The van der Waals surface area contributed by atoms with Crippen LogP contribution in [0.15, 0.2) is 18.2 Å². The number of carbonyl (C=O) groups is 2. The molecule has 1 aromatic rings. The van der Waals surface area contributed by atoms with E-state index in [0.717, 1.165) is 0 Å². The highest BCUT2D eigenvalue weighted by atomic mass is 16.5. The first-order chi connectivity index (χ1) is 6.68. The van der Waals surface area contributed by atoms with Crippen LogP contribution in [-0.2, 0) is 0 Å². The lowest BCUT2D eigenvalue weighted by molar-refractivity contribution is 0.0883. The normalized spacial score (nSPS) is 13.9. The van der Waals surface area contributed by atoms with E-state index in [-0.39, 0.29) is 18.4 Å². The summed E-state index contributed by atoms with van der Waals surface area (Å²) in [7, 11) is 0. The average molecular weight is 191 g/mol. The molecule has 0 radical (unpaired) electrons. The standard InChI is InChI=1S/C10H9NO3/c1-6(12)7-2-3-9-8(4-7)10(13)11-5-14-9/h2-4H,5H2,1H3,(H,11,13). The summed E-state index contributed by atoms with van der Waals surface area (Å²) < 4.78 is 5.19. The zero-order chi connectivity index (χ0) is 10.1. The van der Waals surface area contributed by atoms with Crippen LogP contribution in [0.25, 0.3) is 0 Å². The van der Waals surface area contributed by atoms with Crippen LogP contribution in [0, 0.1) is 0 Å². The number of benzene rings is 1. The third-order valence-electron chi connectivity index (χ3n) is 2.09. The number of hydrogen-bond donors (Lipinski definition) is 1. The van der Waals surface area contributed by atoms with Crippen LogP contribution >= 0.6 is 0 Å². The van der Waals surface area contributed by atoms with Crippen LogP contribution in [0.4, 0.5) is 0 Å². The van der Waals surface area contributed by atoms with E-state index in [1.807, 2.05) is 0 Å². The Morgan fingerprint density at radius 3 is 3.00 bits per heavy atom. The van der Waals surface area contributed by atoms with E-state index in [1.54, 1.807) is 18.2 Å². The largest absolute Gasteiger partial charge is 0.472 e. The van der Waals surface area contributed by atoms with Gasteiger partial charge in [0.05, 0.1) is 5.56 Å². The number of amides is 1. The first-order valence-electron chi connectivity index (χ1n) is 4.24. The van der Waals surface area contributed by atoms with Gasteiger partial charge in [-0.25, -0.2) is 0 Å². The molecule has 1 aliphatic heterocycles. The molecule has 1 heterocycles. The Bertz CT molecular complexity index is 412. The third kappa shape index (κ3) is 1.35. The number of fused-ring (bicyclic) bond motifs is 1. The lowest BCUT2D eigenvalue weighted by Crippen LogP contribution is -2.33.